The predicted octanol–water partition coefficient (Wildman–Crippen LogP) is 3.33. The highest BCUT2D eigenvalue weighted by Gasteiger charge is 2.20. The summed E-state index contributed by atoms with van der Waals surface area (Å²) in [6.07, 6.45) is 2.56. The van der Waals surface area contributed by atoms with Gasteiger partial charge in [-0.05, 0) is 37.0 Å². The van der Waals surface area contributed by atoms with Crippen molar-refractivity contribution < 1.29 is 18.3 Å². The molecule has 0 bridgehead atoms. The molecule has 1 aromatic rings. The van der Waals surface area contributed by atoms with E-state index in [-0.39, 0.29) is 24.1 Å². The van der Waals surface area contributed by atoms with Gasteiger partial charge in [0.25, 0.3) is 0 Å². The van der Waals surface area contributed by atoms with Crippen molar-refractivity contribution in [3.8, 4) is 0 Å². The molecule has 5 heteroatoms. The Labute approximate surface area is 117 Å². The van der Waals surface area contributed by atoms with Crippen molar-refractivity contribution in [2.75, 3.05) is 6.61 Å². The summed E-state index contributed by atoms with van der Waals surface area (Å²) >= 11 is 0. The van der Waals surface area contributed by atoms with Gasteiger partial charge >= 0.3 is 0 Å². The Bertz CT molecular complexity index is 441. The maximum Gasteiger partial charge on any atom is 0.194 e. The van der Waals surface area contributed by atoms with E-state index in [9.17, 15) is 18.3 Å². The lowest BCUT2D eigenvalue weighted by molar-refractivity contribution is 0.222. The molecule has 1 rings (SSSR count). The van der Waals surface area contributed by atoms with Crippen LogP contribution in [0, 0.1) is 23.4 Å². The van der Waals surface area contributed by atoms with Crippen LogP contribution in [-0.2, 0) is 0 Å². The van der Waals surface area contributed by atoms with Gasteiger partial charge in [-0.25, -0.2) is 13.2 Å². The topological polar surface area (TPSA) is 32.3 Å². The molecule has 0 radical (unpaired) electrons. The average Bonchev–Trinajstić information content (AvgIpc) is 2.41. The summed E-state index contributed by atoms with van der Waals surface area (Å²) in [5.74, 6) is -3.77. The summed E-state index contributed by atoms with van der Waals surface area (Å²) in [7, 11) is 0. The summed E-state index contributed by atoms with van der Waals surface area (Å²) < 4.78 is 39.4. The number of halogens is 3. The summed E-state index contributed by atoms with van der Waals surface area (Å²) in [5.41, 5.74) is 0.182. The van der Waals surface area contributed by atoms with E-state index < -0.39 is 23.5 Å². The molecule has 112 valence electrons. The molecule has 3 atom stereocenters. The Balaban J connectivity index is 2.88. The van der Waals surface area contributed by atoms with Crippen LogP contribution in [0.4, 0.5) is 13.2 Å². The monoisotopic (exact) mass is 287 g/mol. The molecule has 1 aromatic carbocycles. The second-order valence-electron chi connectivity index (χ2n) is 4.99. The zero-order valence-corrected chi connectivity index (χ0v) is 11.7. The minimum Gasteiger partial charge on any atom is -0.394 e. The molecule has 2 nitrogen and oxygen atoms in total. The smallest absolute Gasteiger partial charge is 0.194 e. The minimum absolute atomic E-state index is 0.00123. The van der Waals surface area contributed by atoms with E-state index in [0.29, 0.717) is 0 Å². The number of hydrogen-bond donors (Lipinski definition) is 2. The molecule has 2 N–H and O–H groups in total. The van der Waals surface area contributed by atoms with Crippen LogP contribution in [0.5, 0.6) is 0 Å². The highest BCUT2D eigenvalue weighted by atomic mass is 19.2. The van der Waals surface area contributed by atoms with Crippen molar-refractivity contribution in [2.24, 2.45) is 5.92 Å². The van der Waals surface area contributed by atoms with Gasteiger partial charge in [0, 0.05) is 6.04 Å². The normalized spacial score (nSPS) is 15.7. The third kappa shape index (κ3) is 4.08. The first kappa shape index (κ1) is 16.7. The molecule has 0 spiro atoms. The van der Waals surface area contributed by atoms with Crippen LogP contribution in [-0.4, -0.2) is 17.8 Å². The summed E-state index contributed by atoms with van der Waals surface area (Å²) in [6.45, 7) is 7.23. The van der Waals surface area contributed by atoms with E-state index in [0.717, 1.165) is 18.6 Å². The summed E-state index contributed by atoms with van der Waals surface area (Å²) in [4.78, 5) is 0. The van der Waals surface area contributed by atoms with Crippen molar-refractivity contribution in [2.45, 2.75) is 32.4 Å². The first-order chi connectivity index (χ1) is 9.40. The number of benzene rings is 1. The third-order valence-corrected chi connectivity index (χ3v) is 3.45. The molecular weight excluding hydrogens is 267 g/mol. The molecule has 0 fully saturated rings. The number of hydrogen-bond acceptors (Lipinski definition) is 2. The van der Waals surface area contributed by atoms with Gasteiger partial charge in [0.15, 0.2) is 17.5 Å². The van der Waals surface area contributed by atoms with E-state index in [1.807, 2.05) is 13.8 Å². The third-order valence-electron chi connectivity index (χ3n) is 3.45. The van der Waals surface area contributed by atoms with E-state index in [1.54, 1.807) is 6.08 Å². The van der Waals surface area contributed by atoms with Gasteiger partial charge in [-0.3, -0.25) is 0 Å². The SMILES string of the molecule is C=CCC(C)C(C)NC(CO)c1cc(F)c(F)c(F)c1. The number of allylic oxidation sites excluding steroid dienone is 1. The minimum atomic E-state index is -1.50. The van der Waals surface area contributed by atoms with E-state index in [2.05, 4.69) is 11.9 Å². The highest BCUT2D eigenvalue weighted by Crippen LogP contribution is 2.21. The lowest BCUT2D eigenvalue weighted by Gasteiger charge is -2.26. The molecule has 0 aliphatic rings. The standard InChI is InChI=1S/C15H20F3NO/c1-4-5-9(2)10(3)19-14(8-20)11-6-12(16)15(18)13(17)7-11/h4,6-7,9-10,14,19-20H,1,5,8H2,2-3H3. The van der Waals surface area contributed by atoms with Gasteiger partial charge < -0.3 is 10.4 Å². The lowest BCUT2D eigenvalue weighted by Crippen LogP contribution is -2.37. The quantitative estimate of drug-likeness (QED) is 0.595. The number of nitrogens with one attached hydrogen (secondary N) is 1. The number of rotatable bonds is 7. The van der Waals surface area contributed by atoms with Gasteiger partial charge in [-0.1, -0.05) is 13.0 Å². The molecule has 0 aliphatic heterocycles. The Morgan fingerprint density at radius 3 is 2.25 bits per heavy atom. The molecule has 0 saturated heterocycles. The van der Waals surface area contributed by atoms with E-state index in [4.69, 9.17) is 0 Å². The van der Waals surface area contributed by atoms with Gasteiger partial charge in [0.1, 0.15) is 0 Å². The Morgan fingerprint density at radius 2 is 1.80 bits per heavy atom. The van der Waals surface area contributed by atoms with Crippen LogP contribution < -0.4 is 5.32 Å². The lowest BCUT2D eigenvalue weighted by atomic mass is 9.97. The fraction of sp³-hybridized carbons (Fsp3) is 0.467. The molecule has 20 heavy (non-hydrogen) atoms. The van der Waals surface area contributed by atoms with Crippen LogP contribution in [0.25, 0.3) is 0 Å². The van der Waals surface area contributed by atoms with Gasteiger partial charge in [-0.2, -0.15) is 0 Å². The van der Waals surface area contributed by atoms with Crippen molar-refractivity contribution >= 4 is 0 Å². The van der Waals surface area contributed by atoms with Crippen molar-refractivity contribution in [3.05, 3.63) is 47.8 Å². The van der Waals surface area contributed by atoms with Gasteiger partial charge in [0.05, 0.1) is 12.6 Å². The van der Waals surface area contributed by atoms with Gasteiger partial charge in [0.2, 0.25) is 0 Å². The fourth-order valence-electron chi connectivity index (χ4n) is 1.98. The molecule has 0 heterocycles. The van der Waals surface area contributed by atoms with Crippen molar-refractivity contribution in [1.29, 1.82) is 0 Å². The van der Waals surface area contributed by atoms with Crippen molar-refractivity contribution in [1.82, 2.24) is 5.32 Å². The maximum absolute atomic E-state index is 13.2. The van der Waals surface area contributed by atoms with Crippen LogP contribution in [0.3, 0.4) is 0 Å². The maximum atomic E-state index is 13.2. The largest absolute Gasteiger partial charge is 0.394 e. The molecular formula is C15H20F3NO. The van der Waals surface area contributed by atoms with Crippen LogP contribution in [0.2, 0.25) is 0 Å². The second-order valence-corrected chi connectivity index (χ2v) is 4.99. The molecule has 0 aliphatic carbocycles. The first-order valence-electron chi connectivity index (χ1n) is 6.52. The number of aliphatic hydroxyl groups excluding tert-OH is 1. The average molecular weight is 287 g/mol. The van der Waals surface area contributed by atoms with E-state index in [1.165, 1.54) is 0 Å². The highest BCUT2D eigenvalue weighted by molar-refractivity contribution is 5.23. The van der Waals surface area contributed by atoms with Crippen LogP contribution in [0.15, 0.2) is 24.8 Å². The second kappa shape index (κ2) is 7.45. The van der Waals surface area contributed by atoms with Crippen LogP contribution in [0.1, 0.15) is 31.9 Å². The van der Waals surface area contributed by atoms with Gasteiger partial charge in [-0.15, -0.1) is 6.58 Å². The van der Waals surface area contributed by atoms with E-state index >= 15 is 0 Å². The number of aliphatic hydroxyl groups is 1. The fourth-order valence-corrected chi connectivity index (χ4v) is 1.98. The molecule has 3 unspecified atom stereocenters. The Morgan fingerprint density at radius 1 is 1.25 bits per heavy atom. The van der Waals surface area contributed by atoms with Crippen LogP contribution >= 0.6 is 0 Å². The Kier molecular flexibility index (Phi) is 6.23. The first-order valence-corrected chi connectivity index (χ1v) is 6.52. The summed E-state index contributed by atoms with van der Waals surface area (Å²) in [5, 5.41) is 12.5. The molecule has 0 aromatic heterocycles. The van der Waals surface area contributed by atoms with Crippen molar-refractivity contribution in [3.63, 3.8) is 0 Å². The molecule has 0 saturated carbocycles. The summed E-state index contributed by atoms with van der Waals surface area (Å²) in [6, 6.07) is 1.15. The predicted molar refractivity (Wildman–Crippen MR) is 72.7 cm³/mol. The molecule has 0 amide bonds. The zero-order valence-electron chi connectivity index (χ0n) is 11.7. The zero-order chi connectivity index (χ0) is 15.3. The Hall–Kier alpha value is -1.33.